The van der Waals surface area contributed by atoms with E-state index in [1.165, 1.54) is 11.3 Å². The predicted molar refractivity (Wildman–Crippen MR) is 52.1 cm³/mol. The molecular formula is C8H13N3OS. The van der Waals surface area contributed by atoms with Crippen molar-refractivity contribution < 1.29 is 0 Å². The van der Waals surface area contributed by atoms with Gasteiger partial charge in [0.15, 0.2) is 0 Å². The summed E-state index contributed by atoms with van der Waals surface area (Å²) in [5.41, 5.74) is 0. The van der Waals surface area contributed by atoms with Gasteiger partial charge in [-0.05, 0) is 13.0 Å². The van der Waals surface area contributed by atoms with Gasteiger partial charge in [-0.1, -0.05) is 18.3 Å². The first-order valence-corrected chi connectivity index (χ1v) is 5.22. The van der Waals surface area contributed by atoms with Crippen LogP contribution < -0.4 is 4.87 Å². The Morgan fingerprint density at radius 2 is 2.38 bits per heavy atom. The van der Waals surface area contributed by atoms with Crippen LogP contribution in [0.4, 0.5) is 0 Å². The van der Waals surface area contributed by atoms with Crippen LogP contribution in [-0.2, 0) is 0 Å². The Morgan fingerprint density at radius 1 is 1.62 bits per heavy atom. The zero-order valence-electron chi connectivity index (χ0n) is 7.78. The van der Waals surface area contributed by atoms with Crippen LogP contribution in [0.5, 0.6) is 0 Å². The Morgan fingerprint density at radius 3 is 2.85 bits per heavy atom. The fraction of sp³-hybridized carbons (Fsp3) is 0.750. The van der Waals surface area contributed by atoms with Gasteiger partial charge >= 0.3 is 4.87 Å². The maximum atomic E-state index is 10.9. The molecule has 0 saturated carbocycles. The quantitative estimate of drug-likeness (QED) is 0.716. The molecule has 2 rings (SSSR count). The summed E-state index contributed by atoms with van der Waals surface area (Å²) in [6.07, 6.45) is 0. The van der Waals surface area contributed by atoms with Gasteiger partial charge in [0.05, 0.1) is 0 Å². The third-order valence-corrected chi connectivity index (χ3v) is 3.45. The minimum Gasteiger partial charge on any atom is -0.305 e. The molecule has 13 heavy (non-hydrogen) atoms. The lowest BCUT2D eigenvalue weighted by Crippen LogP contribution is -2.13. The van der Waals surface area contributed by atoms with E-state index in [4.69, 9.17) is 0 Å². The van der Waals surface area contributed by atoms with Crippen molar-refractivity contribution in [1.29, 1.82) is 0 Å². The highest BCUT2D eigenvalue weighted by molar-refractivity contribution is 7.08. The molecule has 4 nitrogen and oxygen atoms in total. The Bertz CT molecular complexity index is 345. The maximum absolute atomic E-state index is 10.9. The molecule has 1 saturated heterocycles. The highest BCUT2D eigenvalue weighted by Crippen LogP contribution is 2.30. The summed E-state index contributed by atoms with van der Waals surface area (Å²) in [5.74, 6) is 1.04. The number of likely N-dealkylation sites (N-methyl/N-ethyl adjacent to an activating group) is 1. The zero-order chi connectivity index (χ0) is 9.42. The fourth-order valence-electron chi connectivity index (χ4n) is 1.93. The number of nitrogens with zero attached hydrogens (tertiary/aromatic N) is 2. The molecule has 2 heterocycles. The van der Waals surface area contributed by atoms with Crippen LogP contribution in [0.15, 0.2) is 4.79 Å². The lowest BCUT2D eigenvalue weighted by molar-refractivity contribution is 0.401. The van der Waals surface area contributed by atoms with Gasteiger partial charge in [0.2, 0.25) is 0 Å². The average molecular weight is 199 g/mol. The van der Waals surface area contributed by atoms with Crippen molar-refractivity contribution in [1.82, 2.24) is 15.1 Å². The van der Waals surface area contributed by atoms with Crippen LogP contribution in [0.2, 0.25) is 0 Å². The summed E-state index contributed by atoms with van der Waals surface area (Å²) >= 11 is 1.24. The number of likely N-dealkylation sites (tertiary alicyclic amines) is 1. The van der Waals surface area contributed by atoms with E-state index >= 15 is 0 Å². The molecule has 1 aliphatic rings. The first kappa shape index (κ1) is 8.90. The minimum atomic E-state index is -0.0447. The number of hydrogen-bond donors (Lipinski definition) is 1. The first-order chi connectivity index (χ1) is 6.16. The Labute approximate surface area is 80.6 Å². The Kier molecular flexibility index (Phi) is 2.21. The molecular weight excluding hydrogens is 186 g/mol. The predicted octanol–water partition coefficient (Wildman–Crippen LogP) is 0.496. The Balaban J connectivity index is 2.22. The molecule has 1 aliphatic heterocycles. The molecule has 0 bridgehead atoms. The normalized spacial score (nSPS) is 29.7. The standard InChI is InChI=1S/C8H13N3OS/c1-5-3-11(2)4-6(5)7-9-10-8(12)13-7/h5-6H,3-4H2,1-2H3,(H,10,12)/t5-,6+/m1/s1. The number of H-pyrrole nitrogens is 1. The van der Waals surface area contributed by atoms with E-state index in [2.05, 4.69) is 29.1 Å². The zero-order valence-corrected chi connectivity index (χ0v) is 8.60. The summed E-state index contributed by atoms with van der Waals surface area (Å²) < 4.78 is 0. The average Bonchev–Trinajstić information content (AvgIpc) is 2.58. The topological polar surface area (TPSA) is 49.0 Å². The lowest BCUT2D eigenvalue weighted by atomic mass is 9.99. The van der Waals surface area contributed by atoms with Crippen molar-refractivity contribution >= 4 is 11.3 Å². The fourth-order valence-corrected chi connectivity index (χ4v) is 2.76. The highest BCUT2D eigenvalue weighted by Gasteiger charge is 2.30. The lowest BCUT2D eigenvalue weighted by Gasteiger charge is -2.08. The van der Waals surface area contributed by atoms with Crippen LogP contribution >= 0.6 is 11.3 Å². The molecule has 0 aromatic carbocycles. The van der Waals surface area contributed by atoms with Gasteiger partial charge < -0.3 is 4.90 Å². The molecule has 72 valence electrons. The SMILES string of the molecule is C[C@@H]1CN(C)C[C@@H]1c1n[nH]c(=O)s1. The number of nitrogens with one attached hydrogen (secondary N) is 1. The van der Waals surface area contributed by atoms with Crippen molar-refractivity contribution in [3.63, 3.8) is 0 Å². The molecule has 0 amide bonds. The molecule has 0 aliphatic carbocycles. The summed E-state index contributed by atoms with van der Waals surface area (Å²) in [6.45, 7) is 4.32. The van der Waals surface area contributed by atoms with Gasteiger partial charge in [-0.15, -0.1) is 0 Å². The number of aromatic amines is 1. The second-order valence-corrected chi connectivity index (χ2v) is 4.75. The van der Waals surface area contributed by atoms with E-state index < -0.39 is 0 Å². The minimum absolute atomic E-state index is 0.0447. The molecule has 0 unspecified atom stereocenters. The highest BCUT2D eigenvalue weighted by atomic mass is 32.1. The van der Waals surface area contributed by atoms with Gasteiger partial charge in [0.25, 0.3) is 0 Å². The first-order valence-electron chi connectivity index (χ1n) is 4.41. The second kappa shape index (κ2) is 3.23. The molecule has 5 heteroatoms. The van der Waals surface area contributed by atoms with Crippen molar-refractivity contribution in [2.75, 3.05) is 20.1 Å². The van der Waals surface area contributed by atoms with Gasteiger partial charge in [0, 0.05) is 19.0 Å². The number of aromatic nitrogens is 2. The second-order valence-electron chi connectivity index (χ2n) is 3.76. The third-order valence-electron chi connectivity index (χ3n) is 2.57. The smallest absolute Gasteiger partial charge is 0.305 e. The molecule has 1 N–H and O–H groups in total. The largest absolute Gasteiger partial charge is 0.322 e. The van der Waals surface area contributed by atoms with Gasteiger partial charge in [-0.3, -0.25) is 4.79 Å². The van der Waals surface area contributed by atoms with Gasteiger partial charge in [0.1, 0.15) is 5.01 Å². The van der Waals surface area contributed by atoms with Crippen LogP contribution in [0.25, 0.3) is 0 Å². The molecule has 0 spiro atoms. The van der Waals surface area contributed by atoms with Gasteiger partial charge in [-0.25, -0.2) is 5.10 Å². The van der Waals surface area contributed by atoms with E-state index in [-0.39, 0.29) is 4.87 Å². The van der Waals surface area contributed by atoms with E-state index in [1.807, 2.05) is 0 Å². The van der Waals surface area contributed by atoms with Crippen molar-refractivity contribution in [2.45, 2.75) is 12.8 Å². The molecule has 2 atom stereocenters. The number of hydrogen-bond acceptors (Lipinski definition) is 4. The summed E-state index contributed by atoms with van der Waals surface area (Å²) in [4.78, 5) is 13.2. The van der Waals surface area contributed by atoms with Crippen LogP contribution in [0.3, 0.4) is 0 Å². The van der Waals surface area contributed by atoms with Crippen LogP contribution in [0.1, 0.15) is 17.8 Å². The van der Waals surface area contributed by atoms with E-state index in [1.54, 1.807) is 0 Å². The van der Waals surface area contributed by atoms with Crippen molar-refractivity contribution in [3.05, 3.63) is 14.7 Å². The van der Waals surface area contributed by atoms with E-state index in [0.717, 1.165) is 18.1 Å². The van der Waals surface area contributed by atoms with Gasteiger partial charge in [-0.2, -0.15) is 5.10 Å². The molecule has 0 radical (unpaired) electrons. The third kappa shape index (κ3) is 1.66. The van der Waals surface area contributed by atoms with E-state index in [0.29, 0.717) is 11.8 Å². The maximum Gasteiger partial charge on any atom is 0.322 e. The Hall–Kier alpha value is -0.680. The summed E-state index contributed by atoms with van der Waals surface area (Å²) in [7, 11) is 2.10. The molecule has 1 fully saturated rings. The molecule has 1 aromatic heterocycles. The van der Waals surface area contributed by atoms with E-state index in [9.17, 15) is 4.79 Å². The monoisotopic (exact) mass is 199 g/mol. The van der Waals surface area contributed by atoms with Crippen LogP contribution in [-0.4, -0.2) is 35.2 Å². The summed E-state index contributed by atoms with van der Waals surface area (Å²) in [5, 5.41) is 7.47. The number of rotatable bonds is 1. The molecule has 1 aromatic rings. The van der Waals surface area contributed by atoms with Crippen LogP contribution in [0, 0.1) is 5.92 Å². The van der Waals surface area contributed by atoms with Crippen molar-refractivity contribution in [2.24, 2.45) is 5.92 Å². The van der Waals surface area contributed by atoms with Crippen molar-refractivity contribution in [3.8, 4) is 0 Å². The summed E-state index contributed by atoms with van der Waals surface area (Å²) in [6, 6.07) is 0.